The smallest absolute Gasteiger partial charge is 0.142 e. The van der Waals surface area contributed by atoms with Gasteiger partial charge in [0.25, 0.3) is 0 Å². The molecule has 0 N–H and O–H groups in total. The SMILES string of the molecule is CC1=NOCC(C#N)S1. The van der Waals surface area contributed by atoms with E-state index in [0.29, 0.717) is 6.61 Å². The molecular formula is C5H6N2OS. The van der Waals surface area contributed by atoms with Gasteiger partial charge in [-0.1, -0.05) is 16.9 Å². The van der Waals surface area contributed by atoms with Crippen molar-refractivity contribution in [2.24, 2.45) is 5.16 Å². The lowest BCUT2D eigenvalue weighted by atomic mass is 10.5. The molecule has 1 atom stereocenters. The normalized spacial score (nSPS) is 25.8. The van der Waals surface area contributed by atoms with Gasteiger partial charge in [0, 0.05) is 0 Å². The minimum Gasteiger partial charge on any atom is -0.393 e. The molecule has 1 unspecified atom stereocenters. The van der Waals surface area contributed by atoms with Crippen molar-refractivity contribution in [3.63, 3.8) is 0 Å². The Labute approximate surface area is 57.7 Å². The third-order valence-electron chi connectivity index (χ3n) is 0.876. The van der Waals surface area contributed by atoms with E-state index in [-0.39, 0.29) is 5.25 Å². The summed E-state index contributed by atoms with van der Waals surface area (Å²) in [6, 6.07) is 2.09. The van der Waals surface area contributed by atoms with Gasteiger partial charge in [0.2, 0.25) is 0 Å². The molecule has 0 aromatic heterocycles. The summed E-state index contributed by atoms with van der Waals surface area (Å²) in [6.07, 6.45) is 0. The van der Waals surface area contributed by atoms with Crippen LogP contribution >= 0.6 is 11.8 Å². The van der Waals surface area contributed by atoms with Crippen molar-refractivity contribution < 1.29 is 4.84 Å². The molecule has 0 aromatic rings. The van der Waals surface area contributed by atoms with E-state index < -0.39 is 0 Å². The largest absolute Gasteiger partial charge is 0.393 e. The van der Waals surface area contributed by atoms with E-state index in [0.717, 1.165) is 5.04 Å². The summed E-state index contributed by atoms with van der Waals surface area (Å²) in [4.78, 5) is 4.73. The molecule has 1 rings (SSSR count). The zero-order chi connectivity index (χ0) is 6.69. The van der Waals surface area contributed by atoms with Crippen molar-refractivity contribution in [3.8, 4) is 6.07 Å². The van der Waals surface area contributed by atoms with Gasteiger partial charge < -0.3 is 4.84 Å². The summed E-state index contributed by atoms with van der Waals surface area (Å²) in [6.45, 7) is 2.24. The third kappa shape index (κ3) is 1.61. The van der Waals surface area contributed by atoms with Gasteiger partial charge in [-0.05, 0) is 6.92 Å². The lowest BCUT2D eigenvalue weighted by molar-refractivity contribution is 0.151. The molecule has 0 aromatic carbocycles. The summed E-state index contributed by atoms with van der Waals surface area (Å²) < 4.78 is 0. The number of oxime groups is 1. The average Bonchev–Trinajstić information content (AvgIpc) is 1.88. The Kier molecular flexibility index (Phi) is 1.96. The first-order valence-electron chi connectivity index (χ1n) is 2.56. The van der Waals surface area contributed by atoms with Gasteiger partial charge in [-0.3, -0.25) is 0 Å². The van der Waals surface area contributed by atoms with Crippen LogP contribution in [0.25, 0.3) is 0 Å². The first kappa shape index (κ1) is 6.43. The maximum Gasteiger partial charge on any atom is 0.142 e. The van der Waals surface area contributed by atoms with Crippen LogP contribution in [0.2, 0.25) is 0 Å². The van der Waals surface area contributed by atoms with Crippen LogP contribution in [0.4, 0.5) is 0 Å². The van der Waals surface area contributed by atoms with Crippen LogP contribution < -0.4 is 0 Å². The summed E-state index contributed by atoms with van der Waals surface area (Å²) in [5.41, 5.74) is 0. The van der Waals surface area contributed by atoms with E-state index in [1.807, 2.05) is 6.92 Å². The van der Waals surface area contributed by atoms with Crippen LogP contribution in [0.3, 0.4) is 0 Å². The summed E-state index contributed by atoms with van der Waals surface area (Å²) in [5.74, 6) is 0. The summed E-state index contributed by atoms with van der Waals surface area (Å²) >= 11 is 1.45. The highest BCUT2D eigenvalue weighted by atomic mass is 32.2. The molecule has 0 bridgehead atoms. The number of hydrogen-bond acceptors (Lipinski definition) is 4. The lowest BCUT2D eigenvalue weighted by Crippen LogP contribution is -2.14. The molecule has 3 nitrogen and oxygen atoms in total. The molecule has 0 fully saturated rings. The Morgan fingerprint density at radius 2 is 2.78 bits per heavy atom. The van der Waals surface area contributed by atoms with Gasteiger partial charge in [-0.15, -0.1) is 0 Å². The van der Waals surface area contributed by atoms with Gasteiger partial charge in [0.15, 0.2) is 0 Å². The Morgan fingerprint density at radius 1 is 2.00 bits per heavy atom. The second-order valence-corrected chi connectivity index (χ2v) is 3.04. The summed E-state index contributed by atoms with van der Waals surface area (Å²) in [7, 11) is 0. The van der Waals surface area contributed by atoms with Crippen molar-refractivity contribution in [2.45, 2.75) is 12.2 Å². The Morgan fingerprint density at radius 3 is 3.22 bits per heavy atom. The number of rotatable bonds is 0. The monoisotopic (exact) mass is 142 g/mol. The second-order valence-electron chi connectivity index (χ2n) is 1.64. The highest BCUT2D eigenvalue weighted by Gasteiger charge is 2.14. The molecule has 0 saturated heterocycles. The standard InChI is InChI=1S/C5H6N2OS/c1-4-7-8-3-5(2-6)9-4/h5H,3H2,1H3. The van der Waals surface area contributed by atoms with Crippen LogP contribution in [0, 0.1) is 11.3 Å². The van der Waals surface area contributed by atoms with Crippen LogP contribution in [-0.4, -0.2) is 16.9 Å². The number of nitrogens with zero attached hydrogens (tertiary/aromatic N) is 2. The van der Waals surface area contributed by atoms with Crippen LogP contribution in [-0.2, 0) is 4.84 Å². The number of hydrogen-bond donors (Lipinski definition) is 0. The van der Waals surface area contributed by atoms with E-state index in [9.17, 15) is 0 Å². The van der Waals surface area contributed by atoms with E-state index in [4.69, 9.17) is 10.1 Å². The van der Waals surface area contributed by atoms with Crippen molar-refractivity contribution in [1.29, 1.82) is 5.26 Å². The van der Waals surface area contributed by atoms with Gasteiger partial charge >= 0.3 is 0 Å². The molecule has 1 aliphatic heterocycles. The summed E-state index contributed by atoms with van der Waals surface area (Å²) in [5, 5.41) is 12.8. The zero-order valence-corrected chi connectivity index (χ0v) is 5.81. The van der Waals surface area contributed by atoms with Gasteiger partial charge in [0.05, 0.1) is 6.07 Å². The predicted octanol–water partition coefficient (Wildman–Crippen LogP) is 0.975. The molecular weight excluding hydrogens is 136 g/mol. The fraction of sp³-hybridized carbons (Fsp3) is 0.600. The highest BCUT2D eigenvalue weighted by Crippen LogP contribution is 2.17. The van der Waals surface area contributed by atoms with Crippen LogP contribution in [0.15, 0.2) is 5.16 Å². The highest BCUT2D eigenvalue weighted by molar-refractivity contribution is 8.14. The maximum atomic E-state index is 8.40. The molecule has 0 amide bonds. The van der Waals surface area contributed by atoms with Crippen molar-refractivity contribution >= 4 is 16.8 Å². The van der Waals surface area contributed by atoms with E-state index in [2.05, 4.69) is 11.2 Å². The van der Waals surface area contributed by atoms with Crippen LogP contribution in [0.5, 0.6) is 0 Å². The quantitative estimate of drug-likeness (QED) is 0.506. The Bertz CT molecular complexity index is 172. The predicted molar refractivity (Wildman–Crippen MR) is 36.1 cm³/mol. The first-order chi connectivity index (χ1) is 4.33. The van der Waals surface area contributed by atoms with E-state index in [1.54, 1.807) is 0 Å². The van der Waals surface area contributed by atoms with Crippen molar-refractivity contribution in [1.82, 2.24) is 0 Å². The maximum absolute atomic E-state index is 8.40. The van der Waals surface area contributed by atoms with Crippen molar-refractivity contribution in [2.75, 3.05) is 6.61 Å². The van der Waals surface area contributed by atoms with E-state index >= 15 is 0 Å². The molecule has 0 saturated carbocycles. The average molecular weight is 142 g/mol. The van der Waals surface area contributed by atoms with E-state index in [1.165, 1.54) is 11.8 Å². The third-order valence-corrected chi connectivity index (χ3v) is 1.82. The lowest BCUT2D eigenvalue weighted by Gasteiger charge is -2.11. The molecule has 0 aliphatic carbocycles. The van der Waals surface area contributed by atoms with Crippen molar-refractivity contribution in [3.05, 3.63) is 0 Å². The molecule has 9 heavy (non-hydrogen) atoms. The number of nitriles is 1. The Balaban J connectivity index is 2.51. The van der Waals surface area contributed by atoms with Crippen LogP contribution in [0.1, 0.15) is 6.92 Å². The molecule has 4 heteroatoms. The first-order valence-corrected chi connectivity index (χ1v) is 3.43. The fourth-order valence-electron chi connectivity index (χ4n) is 0.521. The molecule has 0 radical (unpaired) electrons. The van der Waals surface area contributed by atoms with Gasteiger partial charge in [-0.2, -0.15) is 5.26 Å². The molecule has 1 heterocycles. The van der Waals surface area contributed by atoms with Gasteiger partial charge in [-0.25, -0.2) is 0 Å². The van der Waals surface area contributed by atoms with Gasteiger partial charge in [0.1, 0.15) is 16.9 Å². The Hall–Kier alpha value is -0.690. The number of thioether (sulfide) groups is 1. The minimum absolute atomic E-state index is 0.0671. The second kappa shape index (κ2) is 2.74. The topological polar surface area (TPSA) is 45.4 Å². The minimum atomic E-state index is -0.0671. The molecule has 48 valence electrons. The molecule has 1 aliphatic rings. The fourth-order valence-corrected chi connectivity index (χ4v) is 1.21. The molecule has 0 spiro atoms. The zero-order valence-electron chi connectivity index (χ0n) is 5.00.